The van der Waals surface area contributed by atoms with Gasteiger partial charge in [-0.1, -0.05) is 13.8 Å². The molecule has 104 valence electrons. The second kappa shape index (κ2) is 7.01. The molecular formula is C14H21BrN4. The predicted molar refractivity (Wildman–Crippen MR) is 82.3 cm³/mol. The van der Waals surface area contributed by atoms with Gasteiger partial charge in [0.15, 0.2) is 0 Å². The van der Waals surface area contributed by atoms with Crippen LogP contribution in [0, 0.1) is 0 Å². The van der Waals surface area contributed by atoms with E-state index in [-0.39, 0.29) is 0 Å². The second-order valence-corrected chi connectivity index (χ2v) is 5.71. The van der Waals surface area contributed by atoms with E-state index < -0.39 is 0 Å². The Hall–Kier alpha value is -0.940. The van der Waals surface area contributed by atoms with E-state index in [2.05, 4.69) is 62.2 Å². The van der Waals surface area contributed by atoms with Gasteiger partial charge in [-0.15, -0.1) is 0 Å². The minimum Gasteiger partial charge on any atom is -0.303 e. The van der Waals surface area contributed by atoms with Gasteiger partial charge in [0.05, 0.1) is 0 Å². The quantitative estimate of drug-likeness (QED) is 0.849. The van der Waals surface area contributed by atoms with Crippen molar-refractivity contribution in [2.24, 2.45) is 0 Å². The molecule has 0 aliphatic rings. The number of nitrogens with zero attached hydrogens (tertiary/aromatic N) is 3. The molecule has 1 heterocycles. The van der Waals surface area contributed by atoms with Crippen LogP contribution in [0.2, 0.25) is 0 Å². The lowest BCUT2D eigenvalue weighted by Gasteiger charge is -2.20. The Balaban J connectivity index is 2.03. The topological polar surface area (TPSA) is 44.8 Å². The van der Waals surface area contributed by atoms with Gasteiger partial charge in [-0.25, -0.2) is 0 Å². The average Bonchev–Trinajstić information content (AvgIpc) is 2.85. The lowest BCUT2D eigenvalue weighted by atomic mass is 10.1. The zero-order chi connectivity index (χ0) is 13.7. The van der Waals surface area contributed by atoms with Crippen molar-refractivity contribution in [3.63, 3.8) is 0 Å². The summed E-state index contributed by atoms with van der Waals surface area (Å²) in [7, 11) is 0. The van der Waals surface area contributed by atoms with Gasteiger partial charge < -0.3 is 4.90 Å². The van der Waals surface area contributed by atoms with Crippen LogP contribution in [0.4, 0.5) is 0 Å². The molecule has 0 saturated carbocycles. The highest BCUT2D eigenvalue weighted by atomic mass is 79.9. The van der Waals surface area contributed by atoms with Gasteiger partial charge in [0, 0.05) is 11.0 Å². The average molecular weight is 325 g/mol. The summed E-state index contributed by atoms with van der Waals surface area (Å²) in [5, 5.41) is 11.0. The maximum absolute atomic E-state index is 4.16. The zero-order valence-corrected chi connectivity index (χ0v) is 13.2. The standard InChI is InChI=1S/C14H21BrN4/c1-3-6-19(7-4-2)8-5-11-9-12(15)14-13(10-11)16-18-17-14/h9-10H,3-8H2,1-2H3,(H,16,17,18). The summed E-state index contributed by atoms with van der Waals surface area (Å²) >= 11 is 3.56. The Morgan fingerprint density at radius 1 is 1.11 bits per heavy atom. The molecule has 2 rings (SSSR count). The number of hydrogen-bond acceptors (Lipinski definition) is 3. The third-order valence-electron chi connectivity index (χ3n) is 3.23. The van der Waals surface area contributed by atoms with Gasteiger partial charge >= 0.3 is 0 Å². The number of rotatable bonds is 7. The number of H-pyrrole nitrogens is 1. The molecule has 1 N–H and O–H groups in total. The lowest BCUT2D eigenvalue weighted by Crippen LogP contribution is -2.27. The molecule has 1 aromatic heterocycles. The molecule has 0 unspecified atom stereocenters. The van der Waals surface area contributed by atoms with Gasteiger partial charge in [-0.2, -0.15) is 15.4 Å². The molecule has 19 heavy (non-hydrogen) atoms. The Labute approximate surface area is 122 Å². The van der Waals surface area contributed by atoms with Gasteiger partial charge in [-0.05, 0) is 66.0 Å². The fourth-order valence-corrected chi connectivity index (χ4v) is 2.95. The third kappa shape index (κ3) is 3.76. The molecule has 0 amide bonds. The van der Waals surface area contributed by atoms with Crippen molar-refractivity contribution < 1.29 is 0 Å². The summed E-state index contributed by atoms with van der Waals surface area (Å²) in [6, 6.07) is 4.28. The molecule has 0 radical (unpaired) electrons. The summed E-state index contributed by atoms with van der Waals surface area (Å²) in [6.07, 6.45) is 3.49. The highest BCUT2D eigenvalue weighted by molar-refractivity contribution is 9.10. The Kier molecular flexibility index (Phi) is 5.34. The first-order chi connectivity index (χ1) is 9.24. The molecule has 0 spiro atoms. The second-order valence-electron chi connectivity index (χ2n) is 4.86. The number of fused-ring (bicyclic) bond motifs is 1. The van der Waals surface area contributed by atoms with Crippen LogP contribution in [0.5, 0.6) is 0 Å². The van der Waals surface area contributed by atoms with E-state index in [4.69, 9.17) is 0 Å². The zero-order valence-electron chi connectivity index (χ0n) is 11.6. The monoisotopic (exact) mass is 324 g/mol. The Bertz CT molecular complexity index is 517. The molecule has 0 bridgehead atoms. The van der Waals surface area contributed by atoms with E-state index in [1.807, 2.05) is 0 Å². The van der Waals surface area contributed by atoms with Gasteiger partial charge in [0.1, 0.15) is 11.0 Å². The smallest absolute Gasteiger partial charge is 0.127 e. The van der Waals surface area contributed by atoms with Crippen LogP contribution in [0.3, 0.4) is 0 Å². The number of hydrogen-bond donors (Lipinski definition) is 1. The SMILES string of the molecule is CCCN(CCC)CCc1cc(Br)c2n[nH]nc2c1. The molecule has 2 aromatic rings. The summed E-state index contributed by atoms with van der Waals surface area (Å²) in [6.45, 7) is 7.95. The number of aromatic amines is 1. The van der Waals surface area contributed by atoms with E-state index in [1.54, 1.807) is 0 Å². The first-order valence-corrected chi connectivity index (χ1v) is 7.75. The van der Waals surface area contributed by atoms with E-state index in [0.29, 0.717) is 0 Å². The lowest BCUT2D eigenvalue weighted by molar-refractivity contribution is 0.278. The predicted octanol–water partition coefficient (Wildman–Crippen LogP) is 3.38. The maximum Gasteiger partial charge on any atom is 0.127 e. The molecular weight excluding hydrogens is 304 g/mol. The molecule has 0 fully saturated rings. The molecule has 0 aliphatic heterocycles. The molecule has 4 nitrogen and oxygen atoms in total. The van der Waals surface area contributed by atoms with E-state index in [9.17, 15) is 0 Å². The third-order valence-corrected chi connectivity index (χ3v) is 3.84. The van der Waals surface area contributed by atoms with Crippen molar-refractivity contribution in [3.8, 4) is 0 Å². The largest absolute Gasteiger partial charge is 0.303 e. The molecule has 0 saturated heterocycles. The minimum absolute atomic E-state index is 0.905. The van der Waals surface area contributed by atoms with E-state index in [0.717, 1.165) is 28.5 Å². The van der Waals surface area contributed by atoms with Crippen LogP contribution in [-0.4, -0.2) is 39.9 Å². The van der Waals surface area contributed by atoms with Gasteiger partial charge in [0.25, 0.3) is 0 Å². The number of benzene rings is 1. The summed E-state index contributed by atoms with van der Waals surface area (Å²) in [5.41, 5.74) is 3.15. The van der Waals surface area contributed by atoms with Crippen LogP contribution in [0.15, 0.2) is 16.6 Å². The van der Waals surface area contributed by atoms with Gasteiger partial charge in [-0.3, -0.25) is 0 Å². The molecule has 5 heteroatoms. The summed E-state index contributed by atoms with van der Waals surface area (Å²) < 4.78 is 1.02. The number of nitrogens with one attached hydrogen (secondary N) is 1. The molecule has 0 aliphatic carbocycles. The van der Waals surface area contributed by atoms with Gasteiger partial charge in [0.2, 0.25) is 0 Å². The highest BCUT2D eigenvalue weighted by Crippen LogP contribution is 2.22. The summed E-state index contributed by atoms with van der Waals surface area (Å²) in [4.78, 5) is 2.53. The van der Waals surface area contributed by atoms with Crippen molar-refractivity contribution in [1.82, 2.24) is 20.3 Å². The fourth-order valence-electron chi connectivity index (χ4n) is 2.36. The van der Waals surface area contributed by atoms with Crippen molar-refractivity contribution in [3.05, 3.63) is 22.2 Å². The Morgan fingerprint density at radius 3 is 2.53 bits per heavy atom. The van der Waals surface area contributed by atoms with Crippen molar-refractivity contribution in [2.75, 3.05) is 19.6 Å². The first kappa shape index (κ1) is 14.5. The van der Waals surface area contributed by atoms with Crippen molar-refractivity contribution in [2.45, 2.75) is 33.1 Å². The fraction of sp³-hybridized carbons (Fsp3) is 0.571. The maximum atomic E-state index is 4.16. The first-order valence-electron chi connectivity index (χ1n) is 6.95. The van der Waals surface area contributed by atoms with Crippen LogP contribution in [0.25, 0.3) is 11.0 Å². The van der Waals surface area contributed by atoms with Crippen LogP contribution < -0.4 is 0 Å². The molecule has 0 atom stereocenters. The van der Waals surface area contributed by atoms with Crippen molar-refractivity contribution in [1.29, 1.82) is 0 Å². The number of halogens is 1. The minimum atomic E-state index is 0.905. The van der Waals surface area contributed by atoms with E-state index >= 15 is 0 Å². The van der Waals surface area contributed by atoms with E-state index in [1.165, 1.54) is 31.5 Å². The normalized spacial score (nSPS) is 11.6. The number of aromatic nitrogens is 3. The van der Waals surface area contributed by atoms with Crippen LogP contribution >= 0.6 is 15.9 Å². The van der Waals surface area contributed by atoms with Crippen LogP contribution in [-0.2, 0) is 6.42 Å². The van der Waals surface area contributed by atoms with Crippen molar-refractivity contribution >= 4 is 27.0 Å². The molecule has 1 aromatic carbocycles. The Morgan fingerprint density at radius 2 is 1.84 bits per heavy atom. The summed E-state index contributed by atoms with van der Waals surface area (Å²) in [5.74, 6) is 0. The highest BCUT2D eigenvalue weighted by Gasteiger charge is 2.08. The van der Waals surface area contributed by atoms with Crippen LogP contribution in [0.1, 0.15) is 32.3 Å².